The summed E-state index contributed by atoms with van der Waals surface area (Å²) in [5, 5.41) is 6.14. The number of hydrogen-bond donors (Lipinski definition) is 2. The van der Waals surface area contributed by atoms with Crippen LogP contribution in [0.2, 0.25) is 0 Å². The van der Waals surface area contributed by atoms with E-state index in [1.165, 1.54) is 25.7 Å². The molecule has 1 amide bonds. The van der Waals surface area contributed by atoms with Crippen LogP contribution in [0.1, 0.15) is 39.5 Å². The van der Waals surface area contributed by atoms with Crippen molar-refractivity contribution in [2.45, 2.75) is 51.6 Å². The first-order valence-corrected chi connectivity index (χ1v) is 7.21. The number of amides is 1. The first-order valence-electron chi connectivity index (χ1n) is 7.21. The van der Waals surface area contributed by atoms with Crippen LogP contribution in [0, 0.1) is 5.41 Å². The molecule has 18 heavy (non-hydrogen) atoms. The number of nitrogens with one attached hydrogen (secondary N) is 2. The fraction of sp³-hybridized carbons (Fsp3) is 0.929. The van der Waals surface area contributed by atoms with Crippen LogP contribution in [-0.4, -0.2) is 49.6 Å². The minimum atomic E-state index is 0.0163. The van der Waals surface area contributed by atoms with Crippen LogP contribution in [0.4, 0.5) is 0 Å². The predicted octanol–water partition coefficient (Wildman–Crippen LogP) is 0.975. The smallest absolute Gasteiger partial charge is 0.238 e. The van der Waals surface area contributed by atoms with E-state index >= 15 is 0 Å². The molecule has 1 saturated carbocycles. The quantitative estimate of drug-likeness (QED) is 0.771. The zero-order valence-corrected chi connectivity index (χ0v) is 12.0. The Morgan fingerprint density at radius 1 is 1.44 bits per heavy atom. The summed E-state index contributed by atoms with van der Waals surface area (Å²) >= 11 is 0. The summed E-state index contributed by atoms with van der Waals surface area (Å²) in [7, 11) is 1.74. The number of nitrogens with zero attached hydrogens (tertiary/aromatic N) is 1. The summed E-state index contributed by atoms with van der Waals surface area (Å²) in [5.74, 6) is 0.158. The van der Waals surface area contributed by atoms with Crippen molar-refractivity contribution in [1.29, 1.82) is 0 Å². The molecule has 0 radical (unpaired) electrons. The summed E-state index contributed by atoms with van der Waals surface area (Å²) < 4.78 is 0. The molecule has 0 aromatic heterocycles. The molecule has 1 heterocycles. The Balaban J connectivity index is 2.06. The van der Waals surface area contributed by atoms with Crippen LogP contribution in [0.3, 0.4) is 0 Å². The molecule has 1 saturated heterocycles. The lowest BCUT2D eigenvalue weighted by atomic mass is 9.74. The van der Waals surface area contributed by atoms with Crippen LogP contribution in [0.25, 0.3) is 0 Å². The Labute approximate surface area is 110 Å². The van der Waals surface area contributed by atoms with E-state index in [4.69, 9.17) is 0 Å². The van der Waals surface area contributed by atoms with Crippen molar-refractivity contribution in [1.82, 2.24) is 15.5 Å². The lowest BCUT2D eigenvalue weighted by molar-refractivity contribution is -0.128. The second-order valence-corrected chi connectivity index (χ2v) is 6.49. The van der Waals surface area contributed by atoms with E-state index < -0.39 is 0 Å². The summed E-state index contributed by atoms with van der Waals surface area (Å²) in [6.45, 7) is 7.51. The Kier molecular flexibility index (Phi) is 4.28. The Bertz CT molecular complexity index is 303. The number of piperazine rings is 1. The topological polar surface area (TPSA) is 44.4 Å². The van der Waals surface area contributed by atoms with Crippen molar-refractivity contribution in [3.63, 3.8) is 0 Å². The molecule has 2 N–H and O–H groups in total. The SMILES string of the molecule is CNC(=O)C1CNCCN1C1CCCC(C)(C)C1. The Morgan fingerprint density at radius 3 is 2.89 bits per heavy atom. The number of likely N-dealkylation sites (N-methyl/N-ethyl adjacent to an activating group) is 1. The third-order valence-electron chi connectivity index (χ3n) is 4.48. The van der Waals surface area contributed by atoms with Crippen molar-refractivity contribution in [2.24, 2.45) is 5.41 Å². The third-order valence-corrected chi connectivity index (χ3v) is 4.48. The van der Waals surface area contributed by atoms with E-state index in [1.54, 1.807) is 7.05 Å². The van der Waals surface area contributed by atoms with Gasteiger partial charge in [0, 0.05) is 32.7 Å². The highest BCUT2D eigenvalue weighted by Crippen LogP contribution is 2.37. The van der Waals surface area contributed by atoms with Crippen LogP contribution in [0.5, 0.6) is 0 Å². The van der Waals surface area contributed by atoms with E-state index in [0.717, 1.165) is 19.6 Å². The Hall–Kier alpha value is -0.610. The molecule has 0 aromatic rings. The predicted molar refractivity (Wildman–Crippen MR) is 73.5 cm³/mol. The average molecular weight is 253 g/mol. The molecule has 2 unspecified atom stereocenters. The minimum absolute atomic E-state index is 0.0163. The molecule has 1 aliphatic heterocycles. The molecule has 2 atom stereocenters. The summed E-state index contributed by atoms with van der Waals surface area (Å²) in [6.07, 6.45) is 5.08. The van der Waals surface area contributed by atoms with Gasteiger partial charge in [0.2, 0.25) is 5.91 Å². The van der Waals surface area contributed by atoms with Gasteiger partial charge in [0.25, 0.3) is 0 Å². The maximum Gasteiger partial charge on any atom is 0.238 e. The number of hydrogen-bond acceptors (Lipinski definition) is 3. The molecule has 2 rings (SSSR count). The van der Waals surface area contributed by atoms with Crippen molar-refractivity contribution >= 4 is 5.91 Å². The molecular weight excluding hydrogens is 226 g/mol. The van der Waals surface area contributed by atoms with Crippen molar-refractivity contribution in [2.75, 3.05) is 26.7 Å². The summed E-state index contributed by atoms with van der Waals surface area (Å²) in [5.41, 5.74) is 0.432. The van der Waals surface area contributed by atoms with Gasteiger partial charge >= 0.3 is 0 Å². The average Bonchev–Trinajstić information content (AvgIpc) is 2.36. The second-order valence-electron chi connectivity index (χ2n) is 6.49. The molecule has 2 aliphatic rings. The monoisotopic (exact) mass is 253 g/mol. The maximum atomic E-state index is 12.0. The first kappa shape index (κ1) is 13.8. The lowest BCUT2D eigenvalue weighted by Crippen LogP contribution is -2.61. The van der Waals surface area contributed by atoms with E-state index in [2.05, 4.69) is 29.4 Å². The van der Waals surface area contributed by atoms with Crippen LogP contribution >= 0.6 is 0 Å². The highest BCUT2D eigenvalue weighted by Gasteiger charge is 2.37. The van der Waals surface area contributed by atoms with Crippen LogP contribution in [0.15, 0.2) is 0 Å². The zero-order chi connectivity index (χ0) is 13.2. The second kappa shape index (κ2) is 5.57. The molecule has 0 bridgehead atoms. The van der Waals surface area contributed by atoms with Gasteiger partial charge in [0.1, 0.15) is 6.04 Å². The van der Waals surface area contributed by atoms with E-state index in [9.17, 15) is 4.79 Å². The van der Waals surface area contributed by atoms with Gasteiger partial charge < -0.3 is 10.6 Å². The van der Waals surface area contributed by atoms with Crippen molar-refractivity contribution in [3.8, 4) is 0 Å². The normalized spacial score (nSPS) is 33.1. The Morgan fingerprint density at radius 2 is 2.22 bits per heavy atom. The van der Waals surface area contributed by atoms with Crippen molar-refractivity contribution in [3.05, 3.63) is 0 Å². The van der Waals surface area contributed by atoms with Crippen LogP contribution in [-0.2, 0) is 4.79 Å². The molecule has 0 aromatic carbocycles. The fourth-order valence-electron chi connectivity index (χ4n) is 3.51. The largest absolute Gasteiger partial charge is 0.358 e. The number of carbonyl (C=O) groups excluding carboxylic acids is 1. The van der Waals surface area contributed by atoms with Gasteiger partial charge in [0.05, 0.1) is 0 Å². The molecular formula is C14H27N3O. The molecule has 4 nitrogen and oxygen atoms in total. The van der Waals surface area contributed by atoms with Gasteiger partial charge in [-0.1, -0.05) is 20.3 Å². The molecule has 1 aliphatic carbocycles. The molecule has 104 valence electrons. The number of carbonyl (C=O) groups is 1. The molecule has 0 spiro atoms. The highest BCUT2D eigenvalue weighted by atomic mass is 16.2. The molecule has 2 fully saturated rings. The maximum absolute atomic E-state index is 12.0. The molecule has 4 heteroatoms. The van der Waals surface area contributed by atoms with Gasteiger partial charge in [-0.3, -0.25) is 9.69 Å². The van der Waals surface area contributed by atoms with Gasteiger partial charge in [-0.25, -0.2) is 0 Å². The minimum Gasteiger partial charge on any atom is -0.358 e. The third kappa shape index (κ3) is 3.04. The van der Waals surface area contributed by atoms with E-state index in [-0.39, 0.29) is 11.9 Å². The van der Waals surface area contributed by atoms with Gasteiger partial charge in [-0.05, 0) is 24.7 Å². The van der Waals surface area contributed by atoms with E-state index in [0.29, 0.717) is 11.5 Å². The first-order chi connectivity index (χ1) is 8.53. The lowest BCUT2D eigenvalue weighted by Gasteiger charge is -2.46. The standard InChI is InChI=1S/C14H27N3O/c1-14(2)6-4-5-11(9-14)17-8-7-16-10-12(17)13(18)15-3/h11-12,16H,4-10H2,1-3H3,(H,15,18). The highest BCUT2D eigenvalue weighted by molar-refractivity contribution is 5.81. The fourth-order valence-corrected chi connectivity index (χ4v) is 3.51. The summed E-state index contributed by atoms with van der Waals surface area (Å²) in [6, 6.07) is 0.598. The van der Waals surface area contributed by atoms with E-state index in [1.807, 2.05) is 0 Å². The van der Waals surface area contributed by atoms with Gasteiger partial charge in [0.15, 0.2) is 0 Å². The van der Waals surface area contributed by atoms with Gasteiger partial charge in [-0.15, -0.1) is 0 Å². The zero-order valence-electron chi connectivity index (χ0n) is 12.0. The van der Waals surface area contributed by atoms with Gasteiger partial charge in [-0.2, -0.15) is 0 Å². The number of rotatable bonds is 2. The van der Waals surface area contributed by atoms with Crippen LogP contribution < -0.4 is 10.6 Å². The van der Waals surface area contributed by atoms with Crippen molar-refractivity contribution < 1.29 is 4.79 Å². The summed E-state index contributed by atoms with van der Waals surface area (Å²) in [4.78, 5) is 14.4.